The van der Waals surface area contributed by atoms with Crippen LogP contribution in [0.25, 0.3) is 5.69 Å². The second kappa shape index (κ2) is 8.59. The average molecular weight is 385 g/mol. The van der Waals surface area contributed by atoms with Crippen LogP contribution in [0.1, 0.15) is 13.8 Å². The smallest absolute Gasteiger partial charge is 0.298 e. The molecule has 0 saturated carbocycles. The van der Waals surface area contributed by atoms with Crippen molar-refractivity contribution in [1.29, 1.82) is 0 Å². The molecule has 8 heteroatoms. The Kier molecular flexibility index (Phi) is 5.97. The maximum absolute atomic E-state index is 12.6. The number of para-hydroxylation sites is 3. The minimum atomic E-state index is -0.585. The maximum atomic E-state index is 12.6. The van der Waals surface area contributed by atoms with E-state index in [0.29, 0.717) is 23.7 Å². The molecule has 0 bridgehead atoms. The standard InChI is InChI=1S/C19H19N3O4S/c1-3-25-16-12-8-7-11-15(16)20-17(23)13(2)27-18-19(24)26-21-22(18)14-9-5-4-6-10-14/h4-13H,3H2,1-2H3,(H-,20,21,23,24). The zero-order valence-corrected chi connectivity index (χ0v) is 15.7. The van der Waals surface area contributed by atoms with Crippen molar-refractivity contribution in [3.8, 4) is 17.4 Å². The summed E-state index contributed by atoms with van der Waals surface area (Å²) >= 11 is 1.09. The number of anilines is 1. The van der Waals surface area contributed by atoms with E-state index < -0.39 is 11.2 Å². The molecule has 0 aliphatic rings. The molecule has 3 rings (SSSR count). The third-order valence-corrected chi connectivity index (χ3v) is 4.81. The summed E-state index contributed by atoms with van der Waals surface area (Å²) in [5, 5.41) is 18.3. The summed E-state index contributed by atoms with van der Waals surface area (Å²) in [7, 11) is 0. The van der Waals surface area contributed by atoms with Gasteiger partial charge in [-0.25, -0.2) is 0 Å². The van der Waals surface area contributed by atoms with Gasteiger partial charge in [0.1, 0.15) is 5.75 Å². The Hall–Kier alpha value is -3.00. The van der Waals surface area contributed by atoms with Gasteiger partial charge in [-0.1, -0.05) is 30.3 Å². The molecule has 0 aliphatic heterocycles. The minimum Gasteiger partial charge on any atom is -0.538 e. The van der Waals surface area contributed by atoms with E-state index in [2.05, 4.69) is 10.6 Å². The lowest BCUT2D eigenvalue weighted by Gasteiger charge is -2.13. The number of hydrogen-bond donors (Lipinski definition) is 1. The number of carbonyl (C=O) groups excluding carboxylic acids is 1. The molecule has 1 amide bonds. The Balaban J connectivity index is 1.76. The highest BCUT2D eigenvalue weighted by Gasteiger charge is 2.26. The highest BCUT2D eigenvalue weighted by atomic mass is 32.2. The van der Waals surface area contributed by atoms with Crippen LogP contribution in [0.3, 0.4) is 0 Å². The van der Waals surface area contributed by atoms with E-state index in [1.165, 1.54) is 4.68 Å². The second-order valence-electron chi connectivity index (χ2n) is 5.59. The summed E-state index contributed by atoms with van der Waals surface area (Å²) in [4.78, 5) is 12.6. The summed E-state index contributed by atoms with van der Waals surface area (Å²) in [6.45, 7) is 4.08. The first kappa shape index (κ1) is 18.8. The number of amides is 1. The summed E-state index contributed by atoms with van der Waals surface area (Å²) in [5.74, 6) is -0.245. The molecule has 1 N–H and O–H groups in total. The number of rotatable bonds is 7. The van der Waals surface area contributed by atoms with Gasteiger partial charge >= 0.3 is 0 Å². The van der Waals surface area contributed by atoms with Gasteiger partial charge in [-0.15, -0.1) is 0 Å². The third kappa shape index (κ3) is 4.40. The summed E-state index contributed by atoms with van der Waals surface area (Å²) < 4.78 is 11.7. The fourth-order valence-corrected chi connectivity index (χ4v) is 3.25. The third-order valence-electron chi connectivity index (χ3n) is 3.68. The SMILES string of the molecule is CCOc1ccccc1NC(=O)C(C)Sc1c([O-])on[n+]1-c1ccccc1. The molecule has 0 saturated heterocycles. The van der Waals surface area contributed by atoms with E-state index in [0.717, 1.165) is 11.8 Å². The highest BCUT2D eigenvalue weighted by molar-refractivity contribution is 8.00. The van der Waals surface area contributed by atoms with Crippen molar-refractivity contribution < 1.29 is 23.8 Å². The number of thioether (sulfide) groups is 1. The van der Waals surface area contributed by atoms with Crippen LogP contribution in [0.2, 0.25) is 0 Å². The van der Waals surface area contributed by atoms with E-state index in [4.69, 9.17) is 9.26 Å². The van der Waals surface area contributed by atoms with Crippen LogP contribution in [-0.2, 0) is 4.79 Å². The van der Waals surface area contributed by atoms with Crippen LogP contribution in [0.5, 0.6) is 11.7 Å². The van der Waals surface area contributed by atoms with Crippen molar-refractivity contribution in [3.63, 3.8) is 0 Å². The first-order valence-corrected chi connectivity index (χ1v) is 9.32. The van der Waals surface area contributed by atoms with E-state index >= 15 is 0 Å². The van der Waals surface area contributed by atoms with Crippen LogP contribution in [0.4, 0.5) is 5.69 Å². The maximum Gasteiger partial charge on any atom is 0.298 e. The molecule has 140 valence electrons. The molecule has 2 aromatic carbocycles. The molecule has 1 unspecified atom stereocenters. The predicted octanol–water partition coefficient (Wildman–Crippen LogP) is 2.54. The molecule has 1 heterocycles. The fraction of sp³-hybridized carbons (Fsp3) is 0.211. The van der Waals surface area contributed by atoms with Crippen LogP contribution in [0.15, 0.2) is 64.1 Å². The van der Waals surface area contributed by atoms with E-state index in [1.807, 2.05) is 37.3 Å². The fourth-order valence-electron chi connectivity index (χ4n) is 2.38. The summed E-state index contributed by atoms with van der Waals surface area (Å²) in [5.41, 5.74) is 1.26. The van der Waals surface area contributed by atoms with E-state index in [9.17, 15) is 9.90 Å². The quantitative estimate of drug-likeness (QED) is 0.496. The first-order valence-electron chi connectivity index (χ1n) is 8.44. The average Bonchev–Trinajstić information content (AvgIpc) is 3.04. The number of nitrogens with one attached hydrogen (secondary N) is 1. The van der Waals surface area contributed by atoms with E-state index in [-0.39, 0.29) is 10.9 Å². The largest absolute Gasteiger partial charge is 0.538 e. The molecular weight excluding hydrogens is 366 g/mol. The summed E-state index contributed by atoms with van der Waals surface area (Å²) in [6.07, 6.45) is 0. The number of ether oxygens (including phenoxy) is 1. The Morgan fingerprint density at radius 2 is 1.96 bits per heavy atom. The van der Waals surface area contributed by atoms with Crippen LogP contribution in [0, 0.1) is 0 Å². The molecule has 0 aliphatic carbocycles. The normalized spacial score (nSPS) is 11.8. The second-order valence-corrected chi connectivity index (χ2v) is 6.92. The molecule has 27 heavy (non-hydrogen) atoms. The number of carbonyl (C=O) groups is 1. The van der Waals surface area contributed by atoms with Gasteiger partial charge in [0.2, 0.25) is 11.6 Å². The zero-order valence-electron chi connectivity index (χ0n) is 14.9. The van der Waals surface area contributed by atoms with Gasteiger partial charge in [0.25, 0.3) is 5.03 Å². The van der Waals surface area contributed by atoms with Crippen molar-refractivity contribution in [2.45, 2.75) is 24.1 Å². The number of aromatic nitrogens is 2. The van der Waals surface area contributed by atoms with Gasteiger partial charge in [-0.05, 0) is 42.4 Å². The van der Waals surface area contributed by atoms with Gasteiger partial charge in [0.15, 0.2) is 5.95 Å². The number of benzene rings is 2. The highest BCUT2D eigenvalue weighted by Crippen LogP contribution is 2.29. The Labute approximate surface area is 160 Å². The molecule has 7 nitrogen and oxygen atoms in total. The summed E-state index contributed by atoms with van der Waals surface area (Å²) in [6, 6.07) is 16.3. The Bertz CT molecular complexity index is 914. The van der Waals surface area contributed by atoms with Gasteiger partial charge in [-0.2, -0.15) is 0 Å². The van der Waals surface area contributed by atoms with Crippen LogP contribution >= 0.6 is 11.8 Å². The molecule has 0 spiro atoms. The molecular formula is C19H19N3O4S. The van der Waals surface area contributed by atoms with Crippen molar-refractivity contribution in [1.82, 2.24) is 5.27 Å². The number of hydrogen-bond acceptors (Lipinski definition) is 6. The van der Waals surface area contributed by atoms with Crippen molar-refractivity contribution in [3.05, 3.63) is 54.6 Å². The Morgan fingerprint density at radius 3 is 2.70 bits per heavy atom. The zero-order chi connectivity index (χ0) is 19.2. The van der Waals surface area contributed by atoms with Gasteiger partial charge in [0.05, 0.1) is 22.8 Å². The Morgan fingerprint density at radius 1 is 1.26 bits per heavy atom. The van der Waals surface area contributed by atoms with Crippen molar-refractivity contribution in [2.24, 2.45) is 0 Å². The minimum absolute atomic E-state index is 0.238. The lowest BCUT2D eigenvalue weighted by Crippen LogP contribution is -2.36. The van der Waals surface area contributed by atoms with Crippen LogP contribution in [-0.4, -0.2) is 23.0 Å². The molecule has 0 fully saturated rings. The molecule has 0 radical (unpaired) electrons. The van der Waals surface area contributed by atoms with Gasteiger partial charge in [0, 0.05) is 12.1 Å². The van der Waals surface area contributed by atoms with E-state index in [1.54, 1.807) is 31.2 Å². The number of nitrogens with zero attached hydrogens (tertiary/aromatic N) is 2. The molecule has 3 aromatic rings. The predicted molar refractivity (Wildman–Crippen MR) is 99.0 cm³/mol. The van der Waals surface area contributed by atoms with Crippen molar-refractivity contribution >= 4 is 23.4 Å². The van der Waals surface area contributed by atoms with Gasteiger partial charge in [-0.3, -0.25) is 4.79 Å². The van der Waals surface area contributed by atoms with Crippen molar-refractivity contribution in [2.75, 3.05) is 11.9 Å². The molecule has 1 aromatic heterocycles. The van der Waals surface area contributed by atoms with Gasteiger partial charge < -0.3 is 19.7 Å². The lowest BCUT2D eigenvalue weighted by molar-refractivity contribution is -0.705. The monoisotopic (exact) mass is 385 g/mol. The molecule has 1 atom stereocenters. The van der Waals surface area contributed by atoms with Crippen LogP contribution < -0.4 is 19.8 Å². The first-order chi connectivity index (χ1) is 13.1. The lowest BCUT2D eigenvalue weighted by atomic mass is 10.3. The topological polar surface area (TPSA) is 91.3 Å².